The lowest BCUT2D eigenvalue weighted by molar-refractivity contribution is 0.0942. The van der Waals surface area contributed by atoms with Crippen LogP contribution in [0.4, 0.5) is 0 Å². The zero-order valence-corrected chi connectivity index (χ0v) is 13.1. The van der Waals surface area contributed by atoms with E-state index in [-0.39, 0.29) is 0 Å². The maximum Gasteiger partial charge on any atom is 0.0546 e. The Morgan fingerprint density at radius 3 is 2.42 bits per heavy atom. The fourth-order valence-corrected chi connectivity index (χ4v) is 2.36. The van der Waals surface area contributed by atoms with E-state index in [1.54, 1.807) is 7.11 Å². The maximum absolute atomic E-state index is 5.43. The van der Waals surface area contributed by atoms with E-state index < -0.39 is 0 Å². The molecule has 0 spiro atoms. The molecule has 0 saturated carbocycles. The van der Waals surface area contributed by atoms with E-state index in [4.69, 9.17) is 4.74 Å². The fraction of sp³-hybridized carbons (Fsp3) is 0.647. The molecular weight excluding hydrogens is 234 g/mol. The molecule has 0 radical (unpaired) electrons. The number of methoxy groups -OCH3 is 1. The molecule has 0 heterocycles. The Hall–Kier alpha value is -0.860. The van der Waals surface area contributed by atoms with Crippen LogP contribution in [0.5, 0.6) is 0 Å². The Morgan fingerprint density at radius 1 is 1.16 bits per heavy atom. The topological polar surface area (TPSA) is 21.3 Å². The Balaban J connectivity index is 2.64. The lowest BCUT2D eigenvalue weighted by atomic mass is 9.91. The molecule has 0 bridgehead atoms. The Morgan fingerprint density at radius 2 is 1.84 bits per heavy atom. The van der Waals surface area contributed by atoms with E-state index in [2.05, 4.69) is 57.3 Å². The third-order valence-corrected chi connectivity index (χ3v) is 3.65. The van der Waals surface area contributed by atoms with Crippen molar-refractivity contribution in [2.24, 2.45) is 5.92 Å². The van der Waals surface area contributed by atoms with E-state index in [1.807, 2.05) is 0 Å². The monoisotopic (exact) mass is 263 g/mol. The van der Waals surface area contributed by atoms with Gasteiger partial charge in [-0.15, -0.1) is 0 Å². The van der Waals surface area contributed by atoms with Gasteiger partial charge in [0.1, 0.15) is 0 Å². The van der Waals surface area contributed by atoms with Crippen LogP contribution in [0.15, 0.2) is 24.3 Å². The van der Waals surface area contributed by atoms with Crippen LogP contribution in [0.2, 0.25) is 0 Å². The van der Waals surface area contributed by atoms with Gasteiger partial charge in [0.15, 0.2) is 0 Å². The molecule has 1 aromatic carbocycles. The van der Waals surface area contributed by atoms with Gasteiger partial charge in [-0.05, 0) is 50.3 Å². The number of benzene rings is 1. The molecule has 0 aliphatic carbocycles. The number of hydrogen-bond donors (Lipinski definition) is 1. The smallest absolute Gasteiger partial charge is 0.0546 e. The van der Waals surface area contributed by atoms with E-state index in [1.165, 1.54) is 11.1 Å². The number of nitrogens with one attached hydrogen (secondary N) is 1. The minimum atomic E-state index is 0.322. The second-order valence-corrected chi connectivity index (χ2v) is 5.84. The van der Waals surface area contributed by atoms with E-state index >= 15 is 0 Å². The van der Waals surface area contributed by atoms with E-state index in [0.29, 0.717) is 18.1 Å². The molecule has 1 N–H and O–H groups in total. The highest BCUT2D eigenvalue weighted by Crippen LogP contribution is 2.18. The quantitative estimate of drug-likeness (QED) is 0.774. The highest BCUT2D eigenvalue weighted by molar-refractivity contribution is 5.26. The molecule has 108 valence electrons. The summed E-state index contributed by atoms with van der Waals surface area (Å²) >= 11 is 0. The fourth-order valence-electron chi connectivity index (χ4n) is 2.36. The first-order valence-corrected chi connectivity index (χ1v) is 7.33. The highest BCUT2D eigenvalue weighted by atomic mass is 16.5. The van der Waals surface area contributed by atoms with Crippen LogP contribution in [0.1, 0.15) is 38.3 Å². The van der Waals surface area contributed by atoms with Gasteiger partial charge in [0, 0.05) is 13.2 Å². The molecule has 1 aromatic rings. The van der Waals surface area contributed by atoms with Crippen LogP contribution in [-0.4, -0.2) is 25.8 Å². The van der Waals surface area contributed by atoms with Crippen molar-refractivity contribution in [2.45, 2.75) is 52.7 Å². The van der Waals surface area contributed by atoms with Gasteiger partial charge in [0.05, 0.1) is 6.10 Å². The SMILES string of the molecule is COC(C)CC(CNC(C)C)Cc1ccccc1C. The van der Waals surface area contributed by atoms with Crippen molar-refractivity contribution in [3.05, 3.63) is 35.4 Å². The van der Waals surface area contributed by atoms with Crippen LogP contribution in [0, 0.1) is 12.8 Å². The second-order valence-electron chi connectivity index (χ2n) is 5.84. The van der Waals surface area contributed by atoms with Crippen molar-refractivity contribution in [1.29, 1.82) is 0 Å². The molecule has 0 aliphatic heterocycles. The number of ether oxygens (including phenoxy) is 1. The number of aryl methyl sites for hydroxylation is 1. The van der Waals surface area contributed by atoms with Gasteiger partial charge in [-0.3, -0.25) is 0 Å². The van der Waals surface area contributed by atoms with Crippen LogP contribution >= 0.6 is 0 Å². The van der Waals surface area contributed by atoms with Crippen molar-refractivity contribution in [3.63, 3.8) is 0 Å². The molecule has 0 saturated heterocycles. The summed E-state index contributed by atoms with van der Waals surface area (Å²) in [4.78, 5) is 0. The summed E-state index contributed by atoms with van der Waals surface area (Å²) in [5, 5.41) is 3.56. The predicted octanol–water partition coefficient (Wildman–Crippen LogP) is 3.58. The van der Waals surface area contributed by atoms with Gasteiger partial charge in [0.25, 0.3) is 0 Å². The molecule has 2 heteroatoms. The van der Waals surface area contributed by atoms with Crippen LogP contribution in [0.25, 0.3) is 0 Å². The van der Waals surface area contributed by atoms with E-state index in [9.17, 15) is 0 Å². The van der Waals surface area contributed by atoms with Crippen molar-refractivity contribution in [1.82, 2.24) is 5.32 Å². The Labute approximate surface area is 118 Å². The zero-order valence-electron chi connectivity index (χ0n) is 13.1. The van der Waals surface area contributed by atoms with E-state index in [0.717, 1.165) is 19.4 Å². The molecule has 19 heavy (non-hydrogen) atoms. The zero-order chi connectivity index (χ0) is 14.3. The van der Waals surface area contributed by atoms with Crippen molar-refractivity contribution in [3.8, 4) is 0 Å². The summed E-state index contributed by atoms with van der Waals surface area (Å²) in [5.74, 6) is 0.624. The molecule has 0 fully saturated rings. The first-order chi connectivity index (χ1) is 9.02. The predicted molar refractivity (Wildman–Crippen MR) is 82.6 cm³/mol. The van der Waals surface area contributed by atoms with Crippen molar-refractivity contribution >= 4 is 0 Å². The maximum atomic E-state index is 5.43. The summed E-state index contributed by atoms with van der Waals surface area (Å²) in [6.07, 6.45) is 2.55. The summed E-state index contributed by atoms with van der Waals surface area (Å²) < 4.78 is 5.43. The Bertz CT molecular complexity index is 362. The summed E-state index contributed by atoms with van der Waals surface area (Å²) in [6.45, 7) is 9.80. The summed E-state index contributed by atoms with van der Waals surface area (Å²) in [5.41, 5.74) is 2.85. The van der Waals surface area contributed by atoms with Crippen molar-refractivity contribution < 1.29 is 4.74 Å². The van der Waals surface area contributed by atoms with Crippen molar-refractivity contribution in [2.75, 3.05) is 13.7 Å². The average molecular weight is 263 g/mol. The second kappa shape index (κ2) is 8.34. The third-order valence-electron chi connectivity index (χ3n) is 3.65. The van der Waals surface area contributed by atoms with Gasteiger partial charge < -0.3 is 10.1 Å². The normalized spacial score (nSPS) is 14.6. The molecule has 2 nitrogen and oxygen atoms in total. The van der Waals surface area contributed by atoms with Gasteiger partial charge in [-0.25, -0.2) is 0 Å². The number of hydrogen-bond acceptors (Lipinski definition) is 2. The molecule has 0 amide bonds. The Kier molecular flexibility index (Phi) is 7.11. The highest BCUT2D eigenvalue weighted by Gasteiger charge is 2.15. The summed E-state index contributed by atoms with van der Waals surface area (Å²) in [7, 11) is 1.80. The molecule has 1 rings (SSSR count). The standard InChI is InChI=1S/C17H29NO/c1-13(2)18-12-16(10-15(4)19-5)11-17-9-7-6-8-14(17)3/h6-9,13,15-16,18H,10-12H2,1-5H3. The van der Waals surface area contributed by atoms with Gasteiger partial charge >= 0.3 is 0 Å². The minimum absolute atomic E-state index is 0.322. The first-order valence-electron chi connectivity index (χ1n) is 7.33. The van der Waals surface area contributed by atoms with Crippen LogP contribution in [-0.2, 0) is 11.2 Å². The number of rotatable bonds is 8. The van der Waals surface area contributed by atoms with Crippen LogP contribution < -0.4 is 5.32 Å². The third kappa shape index (κ3) is 6.22. The minimum Gasteiger partial charge on any atom is -0.382 e. The van der Waals surface area contributed by atoms with Gasteiger partial charge in [-0.1, -0.05) is 38.1 Å². The molecule has 2 unspecified atom stereocenters. The lowest BCUT2D eigenvalue weighted by Crippen LogP contribution is -2.31. The summed E-state index contributed by atoms with van der Waals surface area (Å²) in [6, 6.07) is 9.22. The molecule has 0 aromatic heterocycles. The molecule has 2 atom stereocenters. The van der Waals surface area contributed by atoms with Gasteiger partial charge in [-0.2, -0.15) is 0 Å². The lowest BCUT2D eigenvalue weighted by Gasteiger charge is -2.23. The molecule has 0 aliphatic rings. The largest absolute Gasteiger partial charge is 0.382 e. The first kappa shape index (κ1) is 16.2. The van der Waals surface area contributed by atoms with Crippen LogP contribution in [0.3, 0.4) is 0 Å². The molecular formula is C17H29NO. The average Bonchev–Trinajstić information content (AvgIpc) is 2.38. The van der Waals surface area contributed by atoms with Gasteiger partial charge in [0.2, 0.25) is 0 Å².